The van der Waals surface area contributed by atoms with Gasteiger partial charge in [-0.2, -0.15) is 5.10 Å². The third-order valence-corrected chi connectivity index (χ3v) is 7.59. The summed E-state index contributed by atoms with van der Waals surface area (Å²) in [4.78, 5) is 33.9. The van der Waals surface area contributed by atoms with E-state index in [9.17, 15) is 9.59 Å². The SMILES string of the molecule is Cn1c2c(c(=O)n(C)c1=O)C(c1cn(-c3ccccc3)nc1-c1cccs1)N(c1ccc(Cl)cc1)C=N2. The molecule has 0 saturated heterocycles. The number of anilines is 1. The first-order chi connectivity index (χ1) is 17.9. The average Bonchev–Trinajstić information content (AvgIpc) is 3.61. The highest BCUT2D eigenvalue weighted by Gasteiger charge is 2.36. The van der Waals surface area contributed by atoms with Gasteiger partial charge in [-0.25, -0.2) is 14.5 Å². The molecule has 1 aliphatic rings. The lowest BCUT2D eigenvalue weighted by Crippen LogP contribution is -2.44. The standard InChI is InChI=1S/C27H21ClN6O2S/c1-31-25-22(26(35)32(2)27(31)36)24(33(16-29-25)18-12-10-17(28)11-13-18)20-15-34(19-7-4-3-5-8-19)30-23(20)21-9-6-14-37-21/h3-16,24H,1-2H3. The minimum absolute atomic E-state index is 0.327. The van der Waals surface area contributed by atoms with Gasteiger partial charge >= 0.3 is 5.69 Å². The maximum absolute atomic E-state index is 13.7. The summed E-state index contributed by atoms with van der Waals surface area (Å²) in [5.41, 5.74) is 2.81. The molecule has 0 N–H and O–H groups in total. The zero-order valence-electron chi connectivity index (χ0n) is 19.9. The lowest BCUT2D eigenvalue weighted by Gasteiger charge is -2.34. The first-order valence-electron chi connectivity index (χ1n) is 11.5. The van der Waals surface area contributed by atoms with Crippen molar-refractivity contribution in [1.82, 2.24) is 18.9 Å². The number of hydrogen-bond donors (Lipinski definition) is 0. The summed E-state index contributed by atoms with van der Waals surface area (Å²) in [5, 5.41) is 7.56. The molecule has 5 aromatic rings. The Kier molecular flexibility index (Phi) is 5.66. The molecule has 2 aromatic carbocycles. The molecular weight excluding hydrogens is 508 g/mol. The van der Waals surface area contributed by atoms with E-state index in [1.54, 1.807) is 36.9 Å². The van der Waals surface area contributed by atoms with Crippen molar-refractivity contribution in [2.45, 2.75) is 6.04 Å². The van der Waals surface area contributed by atoms with Crippen LogP contribution >= 0.6 is 22.9 Å². The van der Waals surface area contributed by atoms with Crippen molar-refractivity contribution in [3.63, 3.8) is 0 Å². The van der Waals surface area contributed by atoms with Gasteiger partial charge in [-0.1, -0.05) is 35.9 Å². The number of rotatable bonds is 4. The minimum atomic E-state index is -0.603. The van der Waals surface area contributed by atoms with Crippen molar-refractivity contribution >= 4 is 40.8 Å². The quantitative estimate of drug-likeness (QED) is 0.332. The summed E-state index contributed by atoms with van der Waals surface area (Å²) < 4.78 is 4.35. The fourth-order valence-electron chi connectivity index (χ4n) is 4.62. The van der Waals surface area contributed by atoms with Crippen LogP contribution in [0.2, 0.25) is 5.02 Å². The van der Waals surface area contributed by atoms with Crippen molar-refractivity contribution in [3.05, 3.63) is 115 Å². The summed E-state index contributed by atoms with van der Waals surface area (Å²) in [6.07, 6.45) is 3.61. The van der Waals surface area contributed by atoms with E-state index < -0.39 is 17.3 Å². The zero-order valence-corrected chi connectivity index (χ0v) is 21.5. The van der Waals surface area contributed by atoms with Crippen LogP contribution in [0.15, 0.2) is 92.9 Å². The summed E-state index contributed by atoms with van der Waals surface area (Å²) in [7, 11) is 3.11. The fraction of sp³-hybridized carbons (Fsp3) is 0.111. The first-order valence-corrected chi connectivity index (χ1v) is 12.8. The number of aromatic nitrogens is 4. The lowest BCUT2D eigenvalue weighted by atomic mass is 9.96. The van der Waals surface area contributed by atoms with Gasteiger partial charge in [-0.3, -0.25) is 13.9 Å². The molecule has 0 spiro atoms. The van der Waals surface area contributed by atoms with Crippen molar-refractivity contribution in [3.8, 4) is 16.3 Å². The van der Waals surface area contributed by atoms with Crippen LogP contribution in [0.4, 0.5) is 11.5 Å². The summed E-state index contributed by atoms with van der Waals surface area (Å²) in [6, 6.07) is 20.5. The topological polar surface area (TPSA) is 77.4 Å². The molecule has 1 atom stereocenters. The number of para-hydroxylation sites is 1. The molecule has 37 heavy (non-hydrogen) atoms. The molecule has 8 nitrogen and oxygen atoms in total. The second-order valence-electron chi connectivity index (χ2n) is 8.66. The smallest absolute Gasteiger partial charge is 0.320 e. The van der Waals surface area contributed by atoms with Crippen molar-refractivity contribution < 1.29 is 0 Å². The van der Waals surface area contributed by atoms with Crippen LogP contribution in [0.3, 0.4) is 0 Å². The van der Waals surface area contributed by atoms with Crippen LogP contribution in [0.25, 0.3) is 16.3 Å². The lowest BCUT2D eigenvalue weighted by molar-refractivity contribution is 0.651. The number of aliphatic imine (C=N–C) groups is 1. The third kappa shape index (κ3) is 3.83. The molecule has 1 aliphatic heterocycles. The molecule has 3 aromatic heterocycles. The normalized spacial score (nSPS) is 14.7. The molecule has 0 radical (unpaired) electrons. The summed E-state index contributed by atoms with van der Waals surface area (Å²) >= 11 is 7.75. The number of nitrogens with zero attached hydrogens (tertiary/aromatic N) is 6. The summed E-state index contributed by atoms with van der Waals surface area (Å²) in [5.74, 6) is 0.327. The van der Waals surface area contributed by atoms with Crippen LogP contribution in [0.5, 0.6) is 0 Å². The molecule has 6 rings (SSSR count). The molecule has 10 heteroatoms. The number of thiophene rings is 1. The Morgan fingerprint density at radius 3 is 2.35 bits per heavy atom. The molecule has 184 valence electrons. The maximum Gasteiger partial charge on any atom is 0.332 e. The van der Waals surface area contributed by atoms with Crippen LogP contribution in [0, 0.1) is 0 Å². The van der Waals surface area contributed by atoms with E-state index in [1.165, 1.54) is 11.6 Å². The number of fused-ring (bicyclic) bond motifs is 1. The minimum Gasteiger partial charge on any atom is -0.320 e. The second-order valence-corrected chi connectivity index (χ2v) is 10.0. The largest absolute Gasteiger partial charge is 0.332 e. The van der Waals surface area contributed by atoms with Gasteiger partial charge in [-0.15, -0.1) is 11.3 Å². The Bertz CT molecular complexity index is 1750. The van der Waals surface area contributed by atoms with E-state index in [0.717, 1.165) is 32.1 Å². The molecule has 0 bridgehead atoms. The Morgan fingerprint density at radius 2 is 1.65 bits per heavy atom. The Morgan fingerprint density at radius 1 is 0.892 bits per heavy atom. The van der Waals surface area contributed by atoms with Crippen molar-refractivity contribution in [1.29, 1.82) is 0 Å². The van der Waals surface area contributed by atoms with Gasteiger partial charge in [-0.05, 0) is 47.8 Å². The van der Waals surface area contributed by atoms with Crippen LogP contribution in [-0.4, -0.2) is 25.3 Å². The van der Waals surface area contributed by atoms with Gasteiger partial charge in [0.1, 0.15) is 11.5 Å². The van der Waals surface area contributed by atoms with E-state index in [2.05, 4.69) is 4.99 Å². The number of benzene rings is 2. The molecule has 0 saturated carbocycles. The molecule has 0 amide bonds. The Labute approximate surface area is 221 Å². The molecule has 1 unspecified atom stereocenters. The van der Waals surface area contributed by atoms with Crippen LogP contribution in [0.1, 0.15) is 17.2 Å². The highest BCUT2D eigenvalue weighted by atomic mass is 35.5. The fourth-order valence-corrected chi connectivity index (χ4v) is 5.47. The molecule has 0 aliphatic carbocycles. The van der Waals surface area contributed by atoms with Crippen LogP contribution < -0.4 is 16.1 Å². The monoisotopic (exact) mass is 528 g/mol. The van der Waals surface area contributed by atoms with Gasteiger partial charge in [0.2, 0.25) is 0 Å². The number of halogens is 1. The van der Waals surface area contributed by atoms with Crippen molar-refractivity contribution in [2.75, 3.05) is 4.90 Å². The van der Waals surface area contributed by atoms with Gasteiger partial charge in [0.05, 0.1) is 28.5 Å². The van der Waals surface area contributed by atoms with Gasteiger partial charge in [0, 0.05) is 36.6 Å². The van der Waals surface area contributed by atoms with Gasteiger partial charge in [0.15, 0.2) is 0 Å². The van der Waals surface area contributed by atoms with E-state index >= 15 is 0 Å². The molecular formula is C27H21ClN6O2S. The first kappa shape index (κ1) is 23.2. The zero-order chi connectivity index (χ0) is 25.7. The molecule has 4 heterocycles. The van der Waals surface area contributed by atoms with Crippen LogP contribution in [-0.2, 0) is 14.1 Å². The van der Waals surface area contributed by atoms with E-state index in [1.807, 2.05) is 75.8 Å². The Balaban J connectivity index is 1.67. The predicted molar refractivity (Wildman–Crippen MR) is 148 cm³/mol. The average molecular weight is 529 g/mol. The highest BCUT2D eigenvalue weighted by Crippen LogP contribution is 2.42. The molecule has 0 fully saturated rings. The van der Waals surface area contributed by atoms with Crippen molar-refractivity contribution in [2.24, 2.45) is 19.1 Å². The van der Waals surface area contributed by atoms with E-state index in [0.29, 0.717) is 16.4 Å². The third-order valence-electron chi connectivity index (χ3n) is 6.46. The summed E-state index contributed by atoms with van der Waals surface area (Å²) in [6.45, 7) is 0. The van der Waals surface area contributed by atoms with E-state index in [4.69, 9.17) is 16.7 Å². The number of hydrogen-bond acceptors (Lipinski definition) is 6. The second kappa shape index (κ2) is 9.02. The van der Waals surface area contributed by atoms with Gasteiger partial charge < -0.3 is 4.90 Å². The maximum atomic E-state index is 13.7. The van der Waals surface area contributed by atoms with E-state index in [-0.39, 0.29) is 0 Å². The predicted octanol–water partition coefficient (Wildman–Crippen LogP) is 4.92. The Hall–Kier alpha value is -4.21. The van der Waals surface area contributed by atoms with Gasteiger partial charge in [0.25, 0.3) is 5.56 Å². The highest BCUT2D eigenvalue weighted by molar-refractivity contribution is 7.13.